The maximum Gasteiger partial charge on any atom is 0.269 e. The number of fused-ring (bicyclic) bond motifs is 1. The largest absolute Gasteiger partial charge is 0.314 e. The van der Waals surface area contributed by atoms with E-state index in [2.05, 4.69) is 46.3 Å². The van der Waals surface area contributed by atoms with Gasteiger partial charge in [0, 0.05) is 12.1 Å². The number of imidazole rings is 1. The lowest BCUT2D eigenvalue weighted by molar-refractivity contribution is -0.384. The third-order valence-electron chi connectivity index (χ3n) is 5.26. The lowest BCUT2D eigenvalue weighted by Crippen LogP contribution is -2.21. The zero-order valence-electron chi connectivity index (χ0n) is 18.8. The highest BCUT2D eigenvalue weighted by atomic mass is 32.2. The number of hydrogen-bond donors (Lipinski definition) is 1. The van der Waals surface area contributed by atoms with Crippen molar-refractivity contribution in [2.24, 2.45) is 5.10 Å². The number of hydrazone groups is 1. The number of nitro groups is 1. The van der Waals surface area contributed by atoms with E-state index >= 15 is 0 Å². The molecule has 0 aliphatic rings. The van der Waals surface area contributed by atoms with E-state index in [4.69, 9.17) is 4.98 Å². The van der Waals surface area contributed by atoms with Crippen LogP contribution in [-0.2, 0) is 11.3 Å². The molecular formula is C25H23N5O3S. The van der Waals surface area contributed by atoms with Gasteiger partial charge in [-0.2, -0.15) is 5.10 Å². The minimum Gasteiger partial charge on any atom is -0.314 e. The maximum atomic E-state index is 12.5. The summed E-state index contributed by atoms with van der Waals surface area (Å²) >= 11 is 1.35. The Bertz CT molecular complexity index is 1360. The zero-order valence-corrected chi connectivity index (χ0v) is 19.6. The number of carbonyl (C=O) groups is 1. The quantitative estimate of drug-likeness (QED) is 0.169. The Morgan fingerprint density at radius 1 is 1.09 bits per heavy atom. The highest BCUT2D eigenvalue weighted by molar-refractivity contribution is 7.99. The SMILES string of the molecule is C/C(=N/NC(=O)CSc1nc2ccccc2n1Cc1ccc(C)cc1)c1ccc([N+](=O)[O-])cc1. The van der Waals surface area contributed by atoms with E-state index < -0.39 is 4.92 Å². The first-order valence-electron chi connectivity index (χ1n) is 10.6. The van der Waals surface area contributed by atoms with E-state index in [0.29, 0.717) is 17.8 Å². The molecule has 1 heterocycles. The molecule has 0 aliphatic carbocycles. The lowest BCUT2D eigenvalue weighted by Gasteiger charge is -2.09. The summed E-state index contributed by atoms with van der Waals surface area (Å²) in [7, 11) is 0. The summed E-state index contributed by atoms with van der Waals surface area (Å²) in [6, 6.07) is 22.3. The van der Waals surface area contributed by atoms with E-state index in [1.165, 1.54) is 29.5 Å². The fraction of sp³-hybridized carbons (Fsp3) is 0.160. The van der Waals surface area contributed by atoms with Crippen LogP contribution in [0.3, 0.4) is 0 Å². The number of amides is 1. The van der Waals surface area contributed by atoms with Crippen molar-refractivity contribution in [1.29, 1.82) is 0 Å². The molecule has 0 unspecified atom stereocenters. The molecule has 0 bridgehead atoms. The van der Waals surface area contributed by atoms with Crippen LogP contribution in [0.4, 0.5) is 5.69 Å². The number of para-hydroxylation sites is 2. The van der Waals surface area contributed by atoms with E-state index in [9.17, 15) is 14.9 Å². The van der Waals surface area contributed by atoms with Crippen molar-refractivity contribution >= 4 is 40.1 Å². The van der Waals surface area contributed by atoms with E-state index in [0.717, 1.165) is 21.8 Å². The number of benzene rings is 3. The molecule has 0 fully saturated rings. The second-order valence-electron chi connectivity index (χ2n) is 7.78. The molecule has 0 saturated carbocycles. The summed E-state index contributed by atoms with van der Waals surface area (Å²) in [6.45, 7) is 4.44. The summed E-state index contributed by atoms with van der Waals surface area (Å²) in [5.74, 6) is -0.117. The van der Waals surface area contributed by atoms with Gasteiger partial charge in [0.15, 0.2) is 5.16 Å². The van der Waals surface area contributed by atoms with Gasteiger partial charge in [0.25, 0.3) is 11.6 Å². The Morgan fingerprint density at radius 3 is 2.50 bits per heavy atom. The lowest BCUT2D eigenvalue weighted by atomic mass is 10.1. The number of nitrogens with zero attached hydrogens (tertiary/aromatic N) is 4. The predicted molar refractivity (Wildman–Crippen MR) is 134 cm³/mol. The van der Waals surface area contributed by atoms with Crippen LogP contribution >= 0.6 is 11.8 Å². The molecule has 1 aromatic heterocycles. The molecule has 4 aromatic rings. The van der Waals surface area contributed by atoms with Crippen LogP contribution < -0.4 is 5.43 Å². The number of rotatable bonds is 8. The van der Waals surface area contributed by atoms with Crippen LogP contribution in [0.2, 0.25) is 0 Å². The Hall–Kier alpha value is -3.98. The van der Waals surface area contributed by atoms with Crippen molar-refractivity contribution in [2.45, 2.75) is 25.5 Å². The maximum absolute atomic E-state index is 12.5. The Kier molecular flexibility index (Phi) is 7.03. The van der Waals surface area contributed by atoms with Gasteiger partial charge in [0.05, 0.1) is 34.0 Å². The average molecular weight is 474 g/mol. The molecular weight excluding hydrogens is 450 g/mol. The first-order valence-corrected chi connectivity index (χ1v) is 11.6. The number of nitrogens with one attached hydrogen (secondary N) is 1. The second kappa shape index (κ2) is 10.3. The van der Waals surface area contributed by atoms with Gasteiger partial charge in [-0.05, 0) is 49.2 Å². The van der Waals surface area contributed by atoms with Gasteiger partial charge in [0.2, 0.25) is 0 Å². The van der Waals surface area contributed by atoms with Gasteiger partial charge >= 0.3 is 0 Å². The Labute approximate surface area is 200 Å². The second-order valence-corrected chi connectivity index (χ2v) is 8.72. The van der Waals surface area contributed by atoms with Gasteiger partial charge in [-0.15, -0.1) is 0 Å². The standard InChI is InChI=1S/C25H23N5O3S/c1-17-7-9-19(10-8-17)15-29-23-6-4-3-5-22(23)26-25(29)34-16-24(31)28-27-18(2)20-11-13-21(14-12-20)30(32)33/h3-14H,15-16H2,1-2H3,(H,28,31)/b27-18-. The Balaban J connectivity index is 1.44. The number of non-ortho nitro benzene ring substituents is 1. The number of thioether (sulfide) groups is 1. The molecule has 3 aromatic carbocycles. The molecule has 34 heavy (non-hydrogen) atoms. The summed E-state index contributed by atoms with van der Waals surface area (Å²) < 4.78 is 2.11. The molecule has 1 amide bonds. The molecule has 0 aliphatic heterocycles. The third-order valence-corrected chi connectivity index (χ3v) is 6.23. The predicted octanol–water partition coefficient (Wildman–Crippen LogP) is 4.93. The van der Waals surface area contributed by atoms with Gasteiger partial charge in [0.1, 0.15) is 0 Å². The summed E-state index contributed by atoms with van der Waals surface area (Å²) in [5.41, 5.74) is 8.06. The molecule has 0 radical (unpaired) electrons. The highest BCUT2D eigenvalue weighted by Crippen LogP contribution is 2.25. The smallest absolute Gasteiger partial charge is 0.269 e. The van der Waals surface area contributed by atoms with Crippen LogP contribution in [0, 0.1) is 17.0 Å². The number of aromatic nitrogens is 2. The fourth-order valence-corrected chi connectivity index (χ4v) is 4.20. The monoisotopic (exact) mass is 473 g/mol. The number of aryl methyl sites for hydroxylation is 1. The number of hydrogen-bond acceptors (Lipinski definition) is 6. The van der Waals surface area contributed by atoms with Gasteiger partial charge < -0.3 is 4.57 Å². The van der Waals surface area contributed by atoms with E-state index in [1.54, 1.807) is 19.1 Å². The van der Waals surface area contributed by atoms with Crippen molar-refractivity contribution in [1.82, 2.24) is 15.0 Å². The van der Waals surface area contributed by atoms with Crippen molar-refractivity contribution in [2.75, 3.05) is 5.75 Å². The first-order chi connectivity index (χ1) is 16.4. The molecule has 1 N–H and O–H groups in total. The number of nitro benzene ring substituents is 1. The third kappa shape index (κ3) is 5.49. The average Bonchev–Trinajstić information content (AvgIpc) is 3.20. The topological polar surface area (TPSA) is 102 Å². The Morgan fingerprint density at radius 2 is 1.79 bits per heavy atom. The van der Waals surface area contributed by atoms with Crippen molar-refractivity contribution in [3.05, 3.63) is 99.6 Å². The minimum atomic E-state index is -0.457. The molecule has 0 saturated heterocycles. The molecule has 172 valence electrons. The summed E-state index contributed by atoms with van der Waals surface area (Å²) in [4.78, 5) is 27.5. The van der Waals surface area contributed by atoms with Crippen LogP contribution in [0.1, 0.15) is 23.6 Å². The molecule has 9 heteroatoms. The van der Waals surface area contributed by atoms with Crippen LogP contribution in [0.5, 0.6) is 0 Å². The molecule has 0 atom stereocenters. The van der Waals surface area contributed by atoms with Crippen molar-refractivity contribution < 1.29 is 9.72 Å². The van der Waals surface area contributed by atoms with Crippen molar-refractivity contribution in [3.8, 4) is 0 Å². The number of carbonyl (C=O) groups excluding carboxylic acids is 1. The minimum absolute atomic E-state index is 0.00510. The highest BCUT2D eigenvalue weighted by Gasteiger charge is 2.13. The fourth-order valence-electron chi connectivity index (χ4n) is 3.39. The van der Waals surface area contributed by atoms with Gasteiger partial charge in [-0.25, -0.2) is 10.4 Å². The molecule has 0 spiro atoms. The van der Waals surface area contributed by atoms with Crippen molar-refractivity contribution in [3.63, 3.8) is 0 Å². The van der Waals surface area contributed by atoms with Crippen LogP contribution in [-0.4, -0.2) is 31.8 Å². The van der Waals surface area contributed by atoms with Gasteiger partial charge in [-0.1, -0.05) is 53.7 Å². The van der Waals surface area contributed by atoms with E-state index in [1.807, 2.05) is 24.3 Å². The van der Waals surface area contributed by atoms with Crippen LogP contribution in [0.15, 0.2) is 83.1 Å². The van der Waals surface area contributed by atoms with Gasteiger partial charge in [-0.3, -0.25) is 14.9 Å². The summed E-state index contributed by atoms with van der Waals surface area (Å²) in [6.07, 6.45) is 0. The zero-order chi connectivity index (χ0) is 24.1. The van der Waals surface area contributed by atoms with E-state index in [-0.39, 0.29) is 17.3 Å². The molecule has 8 nitrogen and oxygen atoms in total. The molecule has 4 rings (SSSR count). The van der Waals surface area contributed by atoms with Crippen LogP contribution in [0.25, 0.3) is 11.0 Å². The summed E-state index contributed by atoms with van der Waals surface area (Å²) in [5, 5.41) is 15.7. The first kappa shape index (κ1) is 23.2. The normalized spacial score (nSPS) is 11.5.